The fourth-order valence-electron chi connectivity index (χ4n) is 1.72. The molecule has 0 aliphatic heterocycles. The predicted octanol–water partition coefficient (Wildman–Crippen LogP) is 1.98. The lowest BCUT2D eigenvalue weighted by atomic mass is 10.1. The van der Waals surface area contributed by atoms with Crippen LogP contribution in [0.1, 0.15) is 0 Å². The van der Waals surface area contributed by atoms with E-state index in [0.717, 1.165) is 5.56 Å². The van der Waals surface area contributed by atoms with Gasteiger partial charge in [0.25, 0.3) is 0 Å². The van der Waals surface area contributed by atoms with Gasteiger partial charge < -0.3 is 10.8 Å². The highest BCUT2D eigenvalue weighted by Crippen LogP contribution is 2.22. The van der Waals surface area contributed by atoms with Crippen LogP contribution in [0.5, 0.6) is 5.75 Å². The molecule has 3 rings (SSSR count). The van der Waals surface area contributed by atoms with Gasteiger partial charge in [0.15, 0.2) is 5.65 Å². The van der Waals surface area contributed by atoms with Gasteiger partial charge in [-0.1, -0.05) is 12.1 Å². The van der Waals surface area contributed by atoms with Gasteiger partial charge in [0.05, 0.1) is 11.9 Å². The number of nitrogen functional groups attached to an aromatic ring is 1. The van der Waals surface area contributed by atoms with Crippen molar-refractivity contribution in [3.63, 3.8) is 0 Å². The fourth-order valence-corrected chi connectivity index (χ4v) is 1.72. The minimum absolute atomic E-state index is 0.190. The minimum atomic E-state index is 0.190. The molecule has 0 unspecified atom stereocenters. The molecule has 0 saturated heterocycles. The zero-order valence-electron chi connectivity index (χ0n) is 9.41. The largest absolute Gasteiger partial charge is 0.508 e. The van der Waals surface area contributed by atoms with Crippen molar-refractivity contribution in [1.82, 2.24) is 15.0 Å². The van der Waals surface area contributed by atoms with Gasteiger partial charge in [0, 0.05) is 5.56 Å². The second-order valence-electron chi connectivity index (χ2n) is 3.88. The Kier molecular flexibility index (Phi) is 2.30. The molecule has 2 heterocycles. The van der Waals surface area contributed by atoms with Crippen molar-refractivity contribution in [2.45, 2.75) is 0 Å². The van der Waals surface area contributed by atoms with Crippen LogP contribution in [0.4, 0.5) is 5.82 Å². The van der Waals surface area contributed by atoms with Crippen LogP contribution in [-0.2, 0) is 0 Å². The molecule has 0 atom stereocenters. The lowest BCUT2D eigenvalue weighted by Crippen LogP contribution is -1.95. The van der Waals surface area contributed by atoms with Crippen LogP contribution in [0, 0.1) is 0 Å². The van der Waals surface area contributed by atoms with Crippen LogP contribution >= 0.6 is 0 Å². The van der Waals surface area contributed by atoms with Crippen LogP contribution < -0.4 is 5.73 Å². The first-order valence-electron chi connectivity index (χ1n) is 5.41. The molecular weight excluding hydrogens is 228 g/mol. The normalized spacial score (nSPS) is 10.7. The Morgan fingerprint density at radius 1 is 1.06 bits per heavy atom. The molecule has 3 aromatic rings. The summed E-state index contributed by atoms with van der Waals surface area (Å²) in [4.78, 5) is 12.8. The molecule has 88 valence electrons. The van der Waals surface area contributed by atoms with E-state index in [-0.39, 0.29) is 5.75 Å². The van der Waals surface area contributed by atoms with Crippen molar-refractivity contribution in [1.29, 1.82) is 0 Å². The number of hydrogen-bond donors (Lipinski definition) is 2. The van der Waals surface area contributed by atoms with Crippen molar-refractivity contribution in [2.24, 2.45) is 0 Å². The summed E-state index contributed by atoms with van der Waals surface area (Å²) in [6.07, 6.45) is 1.65. The number of benzene rings is 1. The smallest absolute Gasteiger partial charge is 0.180 e. The summed E-state index contributed by atoms with van der Waals surface area (Å²) < 4.78 is 0. The van der Waals surface area contributed by atoms with E-state index >= 15 is 0 Å². The Hall–Kier alpha value is -2.69. The Balaban J connectivity index is 2.18. The van der Waals surface area contributed by atoms with E-state index in [9.17, 15) is 5.11 Å². The Morgan fingerprint density at radius 2 is 1.94 bits per heavy atom. The van der Waals surface area contributed by atoms with Crippen LogP contribution in [0.15, 0.2) is 42.6 Å². The Labute approximate surface area is 103 Å². The monoisotopic (exact) mass is 238 g/mol. The number of rotatable bonds is 1. The number of phenols is 1. The molecule has 0 radical (unpaired) electrons. The number of aromatic hydroxyl groups is 1. The van der Waals surface area contributed by atoms with Crippen molar-refractivity contribution in [3.05, 3.63) is 42.6 Å². The summed E-state index contributed by atoms with van der Waals surface area (Å²) >= 11 is 0. The number of pyridine rings is 1. The van der Waals surface area contributed by atoms with E-state index in [1.807, 2.05) is 6.07 Å². The first kappa shape index (κ1) is 10.5. The van der Waals surface area contributed by atoms with Crippen molar-refractivity contribution < 1.29 is 5.11 Å². The third-order valence-electron chi connectivity index (χ3n) is 2.57. The highest BCUT2D eigenvalue weighted by atomic mass is 16.3. The maximum Gasteiger partial charge on any atom is 0.180 e. The lowest BCUT2D eigenvalue weighted by Gasteiger charge is -2.03. The number of phenolic OH excluding ortho intramolecular Hbond substituents is 1. The van der Waals surface area contributed by atoms with E-state index in [0.29, 0.717) is 22.7 Å². The van der Waals surface area contributed by atoms with Gasteiger partial charge in [-0.25, -0.2) is 9.97 Å². The van der Waals surface area contributed by atoms with Gasteiger partial charge in [0.2, 0.25) is 0 Å². The molecular formula is C13H10N4O. The summed E-state index contributed by atoms with van der Waals surface area (Å²) in [5.74, 6) is 0.597. The third-order valence-corrected chi connectivity index (χ3v) is 2.57. The maximum absolute atomic E-state index is 9.45. The van der Waals surface area contributed by atoms with E-state index < -0.39 is 0 Å². The van der Waals surface area contributed by atoms with Crippen LogP contribution in [0.2, 0.25) is 0 Å². The molecule has 0 amide bonds. The predicted molar refractivity (Wildman–Crippen MR) is 68.8 cm³/mol. The second kappa shape index (κ2) is 3.96. The molecule has 0 aliphatic carbocycles. The van der Waals surface area contributed by atoms with Gasteiger partial charge in [-0.15, -0.1) is 0 Å². The van der Waals surface area contributed by atoms with Gasteiger partial charge in [0.1, 0.15) is 17.1 Å². The first-order chi connectivity index (χ1) is 8.72. The molecule has 3 N–H and O–H groups in total. The summed E-state index contributed by atoms with van der Waals surface area (Å²) in [6.45, 7) is 0. The topological polar surface area (TPSA) is 84.9 Å². The molecule has 5 nitrogen and oxygen atoms in total. The summed E-state index contributed by atoms with van der Waals surface area (Å²) in [7, 11) is 0. The summed E-state index contributed by atoms with van der Waals surface area (Å²) in [6, 6.07) is 10.3. The van der Waals surface area contributed by atoms with E-state index in [2.05, 4.69) is 15.0 Å². The molecule has 5 heteroatoms. The summed E-state index contributed by atoms with van der Waals surface area (Å²) in [5.41, 5.74) is 8.24. The van der Waals surface area contributed by atoms with Crippen LogP contribution in [0.25, 0.3) is 22.4 Å². The zero-order chi connectivity index (χ0) is 12.5. The average molecular weight is 238 g/mol. The van der Waals surface area contributed by atoms with E-state index in [1.54, 1.807) is 36.5 Å². The number of anilines is 1. The highest BCUT2D eigenvalue weighted by molar-refractivity contribution is 5.75. The number of hydrogen-bond acceptors (Lipinski definition) is 5. The fraction of sp³-hybridized carbons (Fsp3) is 0. The van der Waals surface area contributed by atoms with Crippen LogP contribution in [-0.4, -0.2) is 20.1 Å². The van der Waals surface area contributed by atoms with Crippen LogP contribution in [0.3, 0.4) is 0 Å². The zero-order valence-corrected chi connectivity index (χ0v) is 9.41. The molecule has 0 saturated carbocycles. The molecule has 0 spiro atoms. The van der Waals surface area contributed by atoms with E-state index in [4.69, 9.17) is 5.73 Å². The van der Waals surface area contributed by atoms with Crippen molar-refractivity contribution in [3.8, 4) is 17.0 Å². The van der Waals surface area contributed by atoms with Gasteiger partial charge in [-0.2, -0.15) is 0 Å². The lowest BCUT2D eigenvalue weighted by molar-refractivity contribution is 0.475. The highest BCUT2D eigenvalue weighted by Gasteiger charge is 2.04. The number of nitrogens with zero attached hydrogens (tertiary/aromatic N) is 3. The molecule has 1 aromatic carbocycles. The third kappa shape index (κ3) is 1.82. The Morgan fingerprint density at radius 3 is 2.78 bits per heavy atom. The number of aromatic nitrogens is 3. The molecule has 18 heavy (non-hydrogen) atoms. The molecule has 0 aliphatic rings. The molecule has 2 aromatic heterocycles. The maximum atomic E-state index is 9.45. The first-order valence-corrected chi connectivity index (χ1v) is 5.41. The standard InChI is InChI=1S/C13H10N4O/c14-12-5-4-10-13(17-12)16-11(7-15-10)8-2-1-3-9(18)6-8/h1-7,18H,(H2,14,16,17). The summed E-state index contributed by atoms with van der Waals surface area (Å²) in [5, 5.41) is 9.45. The molecule has 0 bridgehead atoms. The average Bonchev–Trinajstić information content (AvgIpc) is 2.38. The number of fused-ring (bicyclic) bond motifs is 1. The van der Waals surface area contributed by atoms with Gasteiger partial charge in [-0.3, -0.25) is 4.98 Å². The Bertz CT molecular complexity index is 727. The van der Waals surface area contributed by atoms with Crippen molar-refractivity contribution >= 4 is 17.0 Å². The number of nitrogens with two attached hydrogens (primary N) is 1. The minimum Gasteiger partial charge on any atom is -0.508 e. The van der Waals surface area contributed by atoms with Gasteiger partial charge in [-0.05, 0) is 24.3 Å². The SMILES string of the molecule is Nc1ccc2ncc(-c3cccc(O)c3)nc2n1. The quantitative estimate of drug-likeness (QED) is 0.677. The van der Waals surface area contributed by atoms with E-state index in [1.165, 1.54) is 0 Å². The van der Waals surface area contributed by atoms with Crippen molar-refractivity contribution in [2.75, 3.05) is 5.73 Å². The van der Waals surface area contributed by atoms with Gasteiger partial charge >= 0.3 is 0 Å². The molecule has 0 fully saturated rings. The second-order valence-corrected chi connectivity index (χ2v) is 3.88.